The molecule has 0 saturated carbocycles. The Labute approximate surface area is 111 Å². The van der Waals surface area contributed by atoms with Gasteiger partial charge in [-0.3, -0.25) is 9.78 Å². The van der Waals surface area contributed by atoms with Crippen LogP contribution in [0, 0.1) is 5.92 Å². The lowest BCUT2D eigenvalue weighted by molar-refractivity contribution is -0.141. The van der Waals surface area contributed by atoms with E-state index in [9.17, 15) is 14.7 Å². The first kappa shape index (κ1) is 13.5. The summed E-state index contributed by atoms with van der Waals surface area (Å²) in [5.41, 5.74) is 0.426. The fourth-order valence-electron chi connectivity index (χ4n) is 2.29. The monoisotopic (exact) mass is 263 g/mol. The molecule has 1 aliphatic rings. The van der Waals surface area contributed by atoms with E-state index in [2.05, 4.69) is 15.6 Å². The fourth-order valence-corrected chi connectivity index (χ4v) is 2.29. The standard InChI is InChI=1S/C13H17N3O3/c17-12(10-3-7-15-8-4-10)16-11(13(18)19)9-1-5-14-6-2-9/h3-4,7-9,11,14H,1-2,5-6H2,(H,16,17)(H,18,19). The number of nitrogens with zero attached hydrogens (tertiary/aromatic N) is 1. The van der Waals surface area contributed by atoms with Crippen LogP contribution >= 0.6 is 0 Å². The summed E-state index contributed by atoms with van der Waals surface area (Å²) >= 11 is 0. The van der Waals surface area contributed by atoms with Gasteiger partial charge in [0.15, 0.2) is 0 Å². The molecule has 102 valence electrons. The molecule has 19 heavy (non-hydrogen) atoms. The maximum absolute atomic E-state index is 12.0. The highest BCUT2D eigenvalue weighted by atomic mass is 16.4. The van der Waals surface area contributed by atoms with Crippen molar-refractivity contribution in [3.8, 4) is 0 Å². The van der Waals surface area contributed by atoms with Crippen molar-refractivity contribution in [3.63, 3.8) is 0 Å². The van der Waals surface area contributed by atoms with Crippen molar-refractivity contribution in [2.24, 2.45) is 5.92 Å². The van der Waals surface area contributed by atoms with Crippen molar-refractivity contribution in [2.45, 2.75) is 18.9 Å². The molecule has 0 aliphatic carbocycles. The van der Waals surface area contributed by atoms with Gasteiger partial charge in [-0.25, -0.2) is 4.79 Å². The highest BCUT2D eigenvalue weighted by Gasteiger charge is 2.30. The summed E-state index contributed by atoms with van der Waals surface area (Å²) in [6, 6.07) is 2.30. The van der Waals surface area contributed by atoms with E-state index in [4.69, 9.17) is 0 Å². The molecule has 1 unspecified atom stereocenters. The number of nitrogens with one attached hydrogen (secondary N) is 2. The number of hydrogen-bond donors (Lipinski definition) is 3. The van der Waals surface area contributed by atoms with Crippen LogP contribution in [0.4, 0.5) is 0 Å². The van der Waals surface area contributed by atoms with Crippen LogP contribution in [0.15, 0.2) is 24.5 Å². The van der Waals surface area contributed by atoms with Gasteiger partial charge < -0.3 is 15.7 Å². The first-order chi connectivity index (χ1) is 9.18. The maximum Gasteiger partial charge on any atom is 0.326 e. The number of amides is 1. The van der Waals surface area contributed by atoms with E-state index in [1.54, 1.807) is 12.1 Å². The largest absolute Gasteiger partial charge is 0.480 e. The van der Waals surface area contributed by atoms with E-state index in [0.717, 1.165) is 25.9 Å². The van der Waals surface area contributed by atoms with Crippen molar-refractivity contribution in [1.29, 1.82) is 0 Å². The van der Waals surface area contributed by atoms with Crippen molar-refractivity contribution in [3.05, 3.63) is 30.1 Å². The first-order valence-electron chi connectivity index (χ1n) is 6.33. The predicted octanol–water partition coefficient (Wildman–Crippen LogP) is 0.264. The molecule has 1 amide bonds. The summed E-state index contributed by atoms with van der Waals surface area (Å²) in [6.07, 6.45) is 4.53. The van der Waals surface area contributed by atoms with Crippen LogP contribution in [0.1, 0.15) is 23.2 Å². The average molecular weight is 263 g/mol. The van der Waals surface area contributed by atoms with E-state index in [1.165, 1.54) is 12.4 Å². The van der Waals surface area contributed by atoms with Gasteiger partial charge in [-0.05, 0) is 44.0 Å². The summed E-state index contributed by atoms with van der Waals surface area (Å²) in [7, 11) is 0. The van der Waals surface area contributed by atoms with E-state index in [0.29, 0.717) is 5.56 Å². The number of aliphatic carboxylic acids is 1. The van der Waals surface area contributed by atoms with Crippen LogP contribution in [0.5, 0.6) is 0 Å². The number of carbonyl (C=O) groups excluding carboxylic acids is 1. The van der Waals surface area contributed by atoms with E-state index in [1.807, 2.05) is 0 Å². The molecule has 2 heterocycles. The summed E-state index contributed by atoms with van der Waals surface area (Å²) < 4.78 is 0. The Kier molecular flexibility index (Phi) is 4.46. The Morgan fingerprint density at radius 3 is 2.53 bits per heavy atom. The number of hydrogen-bond acceptors (Lipinski definition) is 4. The van der Waals surface area contributed by atoms with Crippen LogP contribution in [0.2, 0.25) is 0 Å². The Hall–Kier alpha value is -1.95. The average Bonchev–Trinajstić information content (AvgIpc) is 2.46. The lowest BCUT2D eigenvalue weighted by Gasteiger charge is -2.28. The van der Waals surface area contributed by atoms with Gasteiger partial charge in [-0.15, -0.1) is 0 Å². The number of piperidine rings is 1. The molecular weight excluding hydrogens is 246 g/mol. The van der Waals surface area contributed by atoms with Gasteiger partial charge in [0.2, 0.25) is 0 Å². The van der Waals surface area contributed by atoms with Gasteiger partial charge in [0, 0.05) is 18.0 Å². The van der Waals surface area contributed by atoms with Crippen LogP contribution in [-0.4, -0.2) is 41.1 Å². The molecule has 0 radical (unpaired) electrons. The Bertz CT molecular complexity index is 444. The molecule has 0 spiro atoms. The van der Waals surface area contributed by atoms with Gasteiger partial charge in [0.05, 0.1) is 0 Å². The van der Waals surface area contributed by atoms with Crippen LogP contribution in [-0.2, 0) is 4.79 Å². The molecular formula is C13H17N3O3. The molecule has 2 rings (SSSR count). The SMILES string of the molecule is O=C(NC(C(=O)O)C1CCNCC1)c1ccncc1. The van der Waals surface area contributed by atoms with Crippen LogP contribution < -0.4 is 10.6 Å². The highest BCUT2D eigenvalue weighted by molar-refractivity contribution is 5.96. The van der Waals surface area contributed by atoms with Crippen LogP contribution in [0.3, 0.4) is 0 Å². The van der Waals surface area contributed by atoms with Crippen molar-refractivity contribution >= 4 is 11.9 Å². The summed E-state index contributed by atoms with van der Waals surface area (Å²) in [5.74, 6) is -1.37. The van der Waals surface area contributed by atoms with Crippen molar-refractivity contribution < 1.29 is 14.7 Å². The lowest BCUT2D eigenvalue weighted by Crippen LogP contribution is -2.48. The molecule has 1 atom stereocenters. The number of carboxylic acid groups (broad SMARTS) is 1. The fraction of sp³-hybridized carbons (Fsp3) is 0.462. The van der Waals surface area contributed by atoms with Crippen molar-refractivity contribution in [2.75, 3.05) is 13.1 Å². The van der Waals surface area contributed by atoms with Gasteiger partial charge >= 0.3 is 5.97 Å². The molecule has 3 N–H and O–H groups in total. The lowest BCUT2D eigenvalue weighted by atomic mass is 9.90. The third-order valence-corrected chi connectivity index (χ3v) is 3.35. The molecule has 1 aromatic heterocycles. The number of pyridine rings is 1. The molecule has 6 nitrogen and oxygen atoms in total. The quantitative estimate of drug-likeness (QED) is 0.725. The number of carboxylic acids is 1. The smallest absolute Gasteiger partial charge is 0.326 e. The highest BCUT2D eigenvalue weighted by Crippen LogP contribution is 2.17. The Morgan fingerprint density at radius 2 is 1.95 bits per heavy atom. The predicted molar refractivity (Wildman–Crippen MR) is 68.7 cm³/mol. The minimum Gasteiger partial charge on any atom is -0.480 e. The summed E-state index contributed by atoms with van der Waals surface area (Å²) in [6.45, 7) is 1.58. The maximum atomic E-state index is 12.0. The topological polar surface area (TPSA) is 91.3 Å². The van der Waals surface area contributed by atoms with Gasteiger partial charge in [-0.1, -0.05) is 0 Å². The second kappa shape index (κ2) is 6.29. The van der Waals surface area contributed by atoms with Gasteiger partial charge in [-0.2, -0.15) is 0 Å². The second-order valence-electron chi connectivity index (χ2n) is 4.61. The molecule has 1 fully saturated rings. The molecule has 1 aromatic rings. The first-order valence-corrected chi connectivity index (χ1v) is 6.33. The Balaban J connectivity index is 2.04. The number of carbonyl (C=O) groups is 2. The zero-order valence-electron chi connectivity index (χ0n) is 10.5. The van der Waals surface area contributed by atoms with E-state index < -0.39 is 12.0 Å². The normalized spacial score (nSPS) is 17.7. The second-order valence-corrected chi connectivity index (χ2v) is 4.61. The molecule has 0 aromatic carbocycles. The molecule has 1 aliphatic heterocycles. The molecule has 0 bridgehead atoms. The van der Waals surface area contributed by atoms with Crippen molar-refractivity contribution in [1.82, 2.24) is 15.6 Å². The summed E-state index contributed by atoms with van der Waals surface area (Å²) in [4.78, 5) is 27.1. The molecule has 6 heteroatoms. The van der Waals surface area contributed by atoms with Crippen LogP contribution in [0.25, 0.3) is 0 Å². The summed E-state index contributed by atoms with van der Waals surface area (Å²) in [5, 5.41) is 15.1. The van der Waals surface area contributed by atoms with E-state index >= 15 is 0 Å². The minimum absolute atomic E-state index is 0.0236. The molecule has 1 saturated heterocycles. The van der Waals surface area contributed by atoms with Gasteiger partial charge in [0.25, 0.3) is 5.91 Å². The third kappa shape index (κ3) is 3.51. The number of aromatic nitrogens is 1. The zero-order valence-corrected chi connectivity index (χ0v) is 10.5. The van der Waals surface area contributed by atoms with E-state index in [-0.39, 0.29) is 11.8 Å². The minimum atomic E-state index is -0.977. The third-order valence-electron chi connectivity index (χ3n) is 3.35. The zero-order chi connectivity index (χ0) is 13.7. The van der Waals surface area contributed by atoms with Gasteiger partial charge in [0.1, 0.15) is 6.04 Å². The Morgan fingerprint density at radius 1 is 1.32 bits per heavy atom. The number of rotatable bonds is 4.